The third-order valence-corrected chi connectivity index (χ3v) is 4.21. The summed E-state index contributed by atoms with van der Waals surface area (Å²) in [6.07, 6.45) is 4.02. The molecule has 2 aliphatic heterocycles. The zero-order chi connectivity index (χ0) is 14.1. The minimum Gasteiger partial charge on any atom is -0.390 e. The number of thioether (sulfide) groups is 1. The van der Waals surface area contributed by atoms with Gasteiger partial charge < -0.3 is 20.3 Å². The Morgan fingerprint density at radius 1 is 1.55 bits per heavy atom. The predicted molar refractivity (Wildman–Crippen MR) is 76.3 cm³/mol. The first-order chi connectivity index (χ1) is 9.70. The molecule has 1 aromatic rings. The summed E-state index contributed by atoms with van der Waals surface area (Å²) in [5.74, 6) is 1.34. The first-order valence-electron chi connectivity index (χ1n) is 6.54. The molecule has 20 heavy (non-hydrogen) atoms. The van der Waals surface area contributed by atoms with Crippen LogP contribution in [0.4, 0.5) is 5.82 Å². The zero-order valence-electron chi connectivity index (χ0n) is 11.1. The highest BCUT2D eigenvalue weighted by Crippen LogP contribution is 2.36. The maximum absolute atomic E-state index is 10.0. The Morgan fingerprint density at radius 2 is 2.40 bits per heavy atom. The van der Waals surface area contributed by atoms with Crippen LogP contribution in [-0.4, -0.2) is 56.9 Å². The number of nitrogens with one attached hydrogen (secondary N) is 1. The number of aliphatic hydroxyl groups excluding tert-OH is 2. The maximum Gasteiger partial charge on any atom is 0.162 e. The summed E-state index contributed by atoms with van der Waals surface area (Å²) in [6.45, 7) is 0.386. The zero-order valence-corrected chi connectivity index (χ0v) is 12.0. The minimum absolute atomic E-state index is 0.175. The van der Waals surface area contributed by atoms with Gasteiger partial charge >= 0.3 is 0 Å². The van der Waals surface area contributed by atoms with Crippen LogP contribution < -0.4 is 5.32 Å². The molecule has 0 aliphatic carbocycles. The number of hydrogen-bond acceptors (Lipinski definition) is 7. The number of imidazole rings is 1. The summed E-state index contributed by atoms with van der Waals surface area (Å²) in [4.78, 5) is 8.51. The summed E-state index contributed by atoms with van der Waals surface area (Å²) in [5, 5.41) is 22.9. The van der Waals surface area contributed by atoms with Crippen LogP contribution >= 0.6 is 11.8 Å². The van der Waals surface area contributed by atoms with Crippen LogP contribution in [0.2, 0.25) is 0 Å². The predicted octanol–water partition coefficient (Wildman–Crippen LogP) is 0.191. The van der Waals surface area contributed by atoms with Gasteiger partial charge in [0.05, 0.1) is 24.9 Å². The Labute approximate surface area is 121 Å². The van der Waals surface area contributed by atoms with Crippen molar-refractivity contribution in [2.45, 2.75) is 31.0 Å². The average Bonchev–Trinajstić information content (AvgIpc) is 2.94. The van der Waals surface area contributed by atoms with Gasteiger partial charge in [0.1, 0.15) is 18.0 Å². The number of aliphatic imine (C=N–C) groups is 1. The van der Waals surface area contributed by atoms with Gasteiger partial charge in [-0.1, -0.05) is 0 Å². The Morgan fingerprint density at radius 3 is 3.20 bits per heavy atom. The molecule has 1 fully saturated rings. The summed E-state index contributed by atoms with van der Waals surface area (Å²) < 4.78 is 7.66. The van der Waals surface area contributed by atoms with E-state index in [1.54, 1.807) is 29.0 Å². The van der Waals surface area contributed by atoms with Crippen LogP contribution in [0.25, 0.3) is 0 Å². The Balaban J connectivity index is 1.85. The number of β-amino-alcohol motifs (C(OH)–C–C–N with tert-alkyl or cyclic N) is 1. The lowest BCUT2D eigenvalue weighted by Crippen LogP contribution is -2.23. The third-order valence-electron chi connectivity index (χ3n) is 3.55. The standard InChI is InChI=1S/C12H18N4O3S/c1-20-4-9-7(17)2-10(19-9)16-6-15-11-8(18)3-13-5-14-12(11)16/h5-10,17-18H,2-4H2,1H3,(H,13,14)/t7?,8?,9-,10-/m1/s1. The van der Waals surface area contributed by atoms with E-state index < -0.39 is 12.2 Å². The summed E-state index contributed by atoms with van der Waals surface area (Å²) >= 11 is 1.64. The second kappa shape index (κ2) is 5.72. The van der Waals surface area contributed by atoms with Crippen molar-refractivity contribution in [3.63, 3.8) is 0 Å². The monoisotopic (exact) mass is 298 g/mol. The van der Waals surface area contributed by atoms with Crippen LogP contribution in [0.15, 0.2) is 11.3 Å². The van der Waals surface area contributed by atoms with Crippen LogP contribution in [0, 0.1) is 0 Å². The molecule has 7 nitrogen and oxygen atoms in total. The van der Waals surface area contributed by atoms with E-state index in [0.29, 0.717) is 24.5 Å². The summed E-state index contributed by atoms with van der Waals surface area (Å²) in [6, 6.07) is 0. The Bertz CT molecular complexity index is 507. The van der Waals surface area contributed by atoms with Crippen molar-refractivity contribution in [1.82, 2.24) is 14.9 Å². The molecule has 3 rings (SSSR count). The topological polar surface area (TPSA) is 91.9 Å². The van der Waals surface area contributed by atoms with E-state index in [0.717, 1.165) is 5.75 Å². The molecule has 0 aromatic carbocycles. The molecule has 0 bridgehead atoms. The van der Waals surface area contributed by atoms with Crippen molar-refractivity contribution in [3.05, 3.63) is 12.0 Å². The van der Waals surface area contributed by atoms with Gasteiger partial charge in [-0.3, -0.25) is 4.57 Å². The lowest BCUT2D eigenvalue weighted by molar-refractivity contribution is -0.00457. The van der Waals surface area contributed by atoms with Gasteiger partial charge in [0, 0.05) is 18.7 Å². The summed E-state index contributed by atoms with van der Waals surface area (Å²) in [5.41, 5.74) is 0.539. The van der Waals surface area contributed by atoms with Gasteiger partial charge in [0.2, 0.25) is 0 Å². The largest absolute Gasteiger partial charge is 0.390 e. The number of ether oxygens (including phenoxy) is 1. The van der Waals surface area contributed by atoms with Gasteiger partial charge in [0.25, 0.3) is 0 Å². The average molecular weight is 298 g/mol. The van der Waals surface area contributed by atoms with Crippen LogP contribution in [0.3, 0.4) is 0 Å². The van der Waals surface area contributed by atoms with E-state index in [9.17, 15) is 10.2 Å². The smallest absolute Gasteiger partial charge is 0.162 e. The molecule has 0 spiro atoms. The van der Waals surface area contributed by atoms with E-state index in [1.165, 1.54) is 0 Å². The number of hydrogen-bond donors (Lipinski definition) is 3. The Hall–Kier alpha value is -1.09. The highest BCUT2D eigenvalue weighted by atomic mass is 32.2. The number of nitrogens with zero attached hydrogens (tertiary/aromatic N) is 3. The normalized spacial score (nSPS) is 32.8. The van der Waals surface area contributed by atoms with Crippen molar-refractivity contribution >= 4 is 23.9 Å². The molecule has 0 radical (unpaired) electrons. The van der Waals surface area contributed by atoms with E-state index in [1.807, 2.05) is 6.26 Å². The van der Waals surface area contributed by atoms with E-state index in [-0.39, 0.29) is 12.3 Å². The molecule has 0 amide bonds. The van der Waals surface area contributed by atoms with Crippen molar-refractivity contribution in [2.24, 2.45) is 4.99 Å². The lowest BCUT2D eigenvalue weighted by Gasteiger charge is -2.15. The van der Waals surface area contributed by atoms with E-state index >= 15 is 0 Å². The van der Waals surface area contributed by atoms with Crippen molar-refractivity contribution < 1.29 is 14.9 Å². The first kappa shape index (κ1) is 13.9. The fraction of sp³-hybridized carbons (Fsp3) is 0.667. The molecular weight excluding hydrogens is 280 g/mol. The van der Waals surface area contributed by atoms with E-state index in [4.69, 9.17) is 4.74 Å². The second-order valence-corrected chi connectivity index (χ2v) is 5.84. The van der Waals surface area contributed by atoms with Gasteiger partial charge in [-0.2, -0.15) is 11.8 Å². The molecule has 2 aliphatic rings. The van der Waals surface area contributed by atoms with Crippen molar-refractivity contribution in [2.75, 3.05) is 18.6 Å². The van der Waals surface area contributed by atoms with Gasteiger partial charge in [-0.25, -0.2) is 9.98 Å². The Kier molecular flexibility index (Phi) is 3.97. The van der Waals surface area contributed by atoms with Gasteiger partial charge in [-0.15, -0.1) is 0 Å². The maximum atomic E-state index is 10.0. The number of rotatable bonds is 3. The highest BCUT2D eigenvalue weighted by Gasteiger charge is 2.36. The first-order valence-corrected chi connectivity index (χ1v) is 7.93. The quantitative estimate of drug-likeness (QED) is 0.738. The second-order valence-electron chi connectivity index (χ2n) is 4.93. The number of aliphatic hydroxyl groups is 2. The SMILES string of the molecule is CSC[C@H]1O[C@@H](n2cnc3c2N=CNCC3O)CC1O. The van der Waals surface area contributed by atoms with Crippen LogP contribution in [-0.2, 0) is 4.74 Å². The third kappa shape index (κ3) is 2.44. The fourth-order valence-corrected chi connectivity index (χ4v) is 3.14. The molecule has 3 heterocycles. The van der Waals surface area contributed by atoms with Crippen LogP contribution in [0.5, 0.6) is 0 Å². The number of fused-ring (bicyclic) bond motifs is 1. The van der Waals surface area contributed by atoms with Crippen molar-refractivity contribution in [3.8, 4) is 0 Å². The number of aromatic nitrogens is 2. The minimum atomic E-state index is -0.693. The van der Waals surface area contributed by atoms with E-state index in [2.05, 4.69) is 15.3 Å². The molecule has 4 atom stereocenters. The van der Waals surface area contributed by atoms with Crippen molar-refractivity contribution in [1.29, 1.82) is 0 Å². The molecular formula is C12H18N4O3S. The molecule has 3 N–H and O–H groups in total. The molecule has 8 heteroatoms. The van der Waals surface area contributed by atoms with Gasteiger partial charge in [0.15, 0.2) is 5.82 Å². The molecule has 110 valence electrons. The highest BCUT2D eigenvalue weighted by molar-refractivity contribution is 7.98. The van der Waals surface area contributed by atoms with Crippen LogP contribution in [0.1, 0.15) is 24.4 Å². The van der Waals surface area contributed by atoms with Gasteiger partial charge in [-0.05, 0) is 6.26 Å². The molecule has 2 unspecified atom stereocenters. The molecule has 1 aromatic heterocycles. The lowest BCUT2D eigenvalue weighted by atomic mass is 10.2. The molecule has 0 saturated carbocycles. The fourth-order valence-electron chi connectivity index (χ4n) is 2.52. The molecule has 1 saturated heterocycles. The summed E-state index contributed by atoms with van der Waals surface area (Å²) in [7, 11) is 0.